The van der Waals surface area contributed by atoms with Crippen LogP contribution in [0.1, 0.15) is 15.3 Å². The zero-order valence-corrected chi connectivity index (χ0v) is 13.2. The van der Waals surface area contributed by atoms with Crippen molar-refractivity contribution in [1.29, 1.82) is 0 Å². The molecule has 0 unspecified atom stereocenters. The van der Waals surface area contributed by atoms with Gasteiger partial charge in [-0.15, -0.1) is 11.3 Å². The summed E-state index contributed by atoms with van der Waals surface area (Å²) >= 11 is 1.44. The Morgan fingerprint density at radius 2 is 1.90 bits per heavy atom. The topological polar surface area (TPSA) is 37.4 Å². The number of hydrogen-bond acceptors (Lipinski definition) is 3. The molecule has 0 radical (unpaired) electrons. The molecule has 1 aromatic carbocycles. The lowest BCUT2D eigenvalue weighted by molar-refractivity contribution is 0.456. The second kappa shape index (κ2) is 5.63. The normalized spacial score (nSPS) is 12.1. The molecule has 2 rings (SSSR count). The van der Waals surface area contributed by atoms with Crippen LogP contribution in [0.25, 0.3) is 0 Å². The Balaban J connectivity index is 2.31. The van der Waals surface area contributed by atoms with Crippen LogP contribution in [0.4, 0.5) is 4.39 Å². The highest BCUT2D eigenvalue weighted by Crippen LogP contribution is 2.27. The van der Waals surface area contributed by atoms with Crippen LogP contribution in [-0.2, 0) is 16.6 Å². The number of rotatable bonds is 4. The maximum Gasteiger partial charge on any atom is 0.244 e. The molecule has 0 aliphatic rings. The van der Waals surface area contributed by atoms with E-state index in [0.29, 0.717) is 10.5 Å². The first-order chi connectivity index (χ1) is 9.32. The minimum absolute atomic E-state index is 0.0172. The summed E-state index contributed by atoms with van der Waals surface area (Å²) in [5.41, 5.74) is 0.364. The molecule has 0 fully saturated rings. The molecule has 1 heterocycles. The fraction of sp³-hybridized carbons (Fsp3) is 0.286. The largest absolute Gasteiger partial charge is 0.244 e. The fourth-order valence-corrected chi connectivity index (χ4v) is 4.65. The van der Waals surface area contributed by atoms with Gasteiger partial charge in [-0.3, -0.25) is 0 Å². The molecule has 2 aromatic rings. The van der Waals surface area contributed by atoms with E-state index in [9.17, 15) is 12.8 Å². The first kappa shape index (κ1) is 15.2. The Morgan fingerprint density at radius 3 is 2.45 bits per heavy atom. The first-order valence-corrected chi connectivity index (χ1v) is 8.35. The van der Waals surface area contributed by atoms with Crippen LogP contribution in [0.15, 0.2) is 35.2 Å². The maximum absolute atomic E-state index is 13.6. The van der Waals surface area contributed by atoms with Gasteiger partial charge in [-0.2, -0.15) is 4.31 Å². The van der Waals surface area contributed by atoms with Gasteiger partial charge in [-0.1, -0.05) is 18.2 Å². The Kier molecular flexibility index (Phi) is 4.27. The lowest BCUT2D eigenvalue weighted by atomic mass is 10.2. The van der Waals surface area contributed by atoms with Gasteiger partial charge in [0.25, 0.3) is 0 Å². The molecule has 0 bridgehead atoms. The number of halogens is 1. The average molecular weight is 313 g/mol. The summed E-state index contributed by atoms with van der Waals surface area (Å²) in [5, 5.41) is 0. The van der Waals surface area contributed by atoms with E-state index in [4.69, 9.17) is 0 Å². The summed E-state index contributed by atoms with van der Waals surface area (Å²) in [5.74, 6) is -0.396. The van der Waals surface area contributed by atoms with Gasteiger partial charge in [0.05, 0.1) is 4.90 Å². The third kappa shape index (κ3) is 2.92. The minimum atomic E-state index is -3.59. The van der Waals surface area contributed by atoms with E-state index < -0.39 is 15.8 Å². The molecular weight excluding hydrogens is 297 g/mol. The average Bonchev–Trinajstić information content (AvgIpc) is 2.72. The molecule has 0 aliphatic heterocycles. The molecule has 0 saturated carbocycles. The molecule has 1 aromatic heterocycles. The first-order valence-electron chi connectivity index (χ1n) is 6.09. The van der Waals surface area contributed by atoms with Crippen molar-refractivity contribution in [3.8, 4) is 0 Å². The smallest absolute Gasteiger partial charge is 0.207 e. The molecule has 6 heteroatoms. The van der Waals surface area contributed by atoms with E-state index in [0.717, 1.165) is 9.75 Å². The monoisotopic (exact) mass is 313 g/mol. The molecule has 0 N–H and O–H groups in total. The van der Waals surface area contributed by atoms with Gasteiger partial charge in [-0.25, -0.2) is 12.8 Å². The van der Waals surface area contributed by atoms with E-state index >= 15 is 0 Å². The van der Waals surface area contributed by atoms with Crippen molar-refractivity contribution in [2.24, 2.45) is 0 Å². The van der Waals surface area contributed by atoms with Crippen molar-refractivity contribution in [2.75, 3.05) is 7.05 Å². The Morgan fingerprint density at radius 1 is 1.25 bits per heavy atom. The number of hydrogen-bond donors (Lipinski definition) is 0. The highest BCUT2D eigenvalue weighted by Gasteiger charge is 2.25. The molecule has 0 aliphatic carbocycles. The number of benzene rings is 1. The number of nitrogens with zero attached hydrogens (tertiary/aromatic N) is 1. The summed E-state index contributed by atoms with van der Waals surface area (Å²) in [7, 11) is -2.12. The van der Waals surface area contributed by atoms with Crippen LogP contribution in [0.2, 0.25) is 0 Å². The van der Waals surface area contributed by atoms with Crippen LogP contribution in [0, 0.1) is 19.7 Å². The summed E-state index contributed by atoms with van der Waals surface area (Å²) in [4.78, 5) is 2.00. The van der Waals surface area contributed by atoms with Gasteiger partial charge in [-0.05, 0) is 26.0 Å². The fourth-order valence-electron chi connectivity index (χ4n) is 1.98. The van der Waals surface area contributed by atoms with Crippen molar-refractivity contribution in [3.63, 3.8) is 0 Å². The van der Waals surface area contributed by atoms with E-state index in [1.807, 2.05) is 6.92 Å². The Bertz CT molecular complexity index is 723. The van der Waals surface area contributed by atoms with Crippen LogP contribution >= 0.6 is 11.3 Å². The Hall–Kier alpha value is -1.24. The van der Waals surface area contributed by atoms with E-state index in [1.165, 1.54) is 28.8 Å². The molecule has 0 atom stereocenters. The lowest BCUT2D eigenvalue weighted by Gasteiger charge is -2.17. The van der Waals surface area contributed by atoms with Crippen LogP contribution in [0.3, 0.4) is 0 Å². The zero-order valence-electron chi connectivity index (χ0n) is 11.6. The maximum atomic E-state index is 13.6. The van der Waals surface area contributed by atoms with Crippen LogP contribution in [0.5, 0.6) is 0 Å². The molecular formula is C14H16FNO2S2. The highest BCUT2D eigenvalue weighted by atomic mass is 32.2. The van der Waals surface area contributed by atoms with E-state index in [2.05, 4.69) is 0 Å². The summed E-state index contributed by atoms with van der Waals surface area (Å²) in [6.45, 7) is 3.67. The van der Waals surface area contributed by atoms with Crippen molar-refractivity contribution in [1.82, 2.24) is 4.31 Å². The van der Waals surface area contributed by atoms with Crippen LogP contribution in [-0.4, -0.2) is 19.8 Å². The number of sulfonamides is 1. The summed E-state index contributed by atoms with van der Waals surface area (Å²) < 4.78 is 39.8. The Labute approximate surface area is 122 Å². The number of aryl methyl sites for hydroxylation is 2. The third-order valence-corrected chi connectivity index (χ3v) is 6.06. The van der Waals surface area contributed by atoms with E-state index in [-0.39, 0.29) is 6.54 Å². The molecule has 0 amide bonds. The quantitative estimate of drug-likeness (QED) is 0.868. The predicted molar refractivity (Wildman–Crippen MR) is 78.8 cm³/mol. The molecule has 0 spiro atoms. The van der Waals surface area contributed by atoms with Gasteiger partial charge < -0.3 is 0 Å². The van der Waals surface area contributed by atoms with Gasteiger partial charge in [0, 0.05) is 28.9 Å². The SMILES string of the molecule is Cc1cc(S(=O)(=O)N(C)Cc2ccccc2F)c(C)s1. The van der Waals surface area contributed by atoms with Gasteiger partial charge in [0.2, 0.25) is 10.0 Å². The molecule has 0 saturated heterocycles. The second-order valence-corrected chi connectivity index (χ2v) is 8.10. The van der Waals surface area contributed by atoms with Crippen LogP contribution < -0.4 is 0 Å². The van der Waals surface area contributed by atoms with Crippen molar-refractivity contribution >= 4 is 21.4 Å². The number of thiophene rings is 1. The zero-order chi connectivity index (χ0) is 14.9. The van der Waals surface area contributed by atoms with Gasteiger partial charge in [0.1, 0.15) is 5.82 Å². The summed E-state index contributed by atoms with van der Waals surface area (Å²) in [6.07, 6.45) is 0. The standard InChI is InChI=1S/C14H16FNO2S2/c1-10-8-14(11(2)19-10)20(17,18)16(3)9-12-6-4-5-7-13(12)15/h4-8H,9H2,1-3H3. The van der Waals surface area contributed by atoms with Gasteiger partial charge in [0.15, 0.2) is 0 Å². The summed E-state index contributed by atoms with van der Waals surface area (Å²) in [6, 6.07) is 7.86. The molecule has 20 heavy (non-hydrogen) atoms. The van der Waals surface area contributed by atoms with Crippen molar-refractivity contribution in [3.05, 3.63) is 51.5 Å². The van der Waals surface area contributed by atoms with E-state index in [1.54, 1.807) is 31.2 Å². The van der Waals surface area contributed by atoms with Gasteiger partial charge >= 0.3 is 0 Å². The van der Waals surface area contributed by atoms with Crippen molar-refractivity contribution in [2.45, 2.75) is 25.3 Å². The second-order valence-electron chi connectivity index (χ2n) is 4.63. The lowest BCUT2D eigenvalue weighted by Crippen LogP contribution is -2.27. The predicted octanol–water partition coefficient (Wildman–Crippen LogP) is 3.32. The third-order valence-electron chi connectivity index (χ3n) is 3.03. The highest BCUT2D eigenvalue weighted by molar-refractivity contribution is 7.89. The van der Waals surface area contributed by atoms with Crippen molar-refractivity contribution < 1.29 is 12.8 Å². The molecule has 108 valence electrons. The molecule has 3 nitrogen and oxygen atoms in total. The minimum Gasteiger partial charge on any atom is -0.207 e.